The van der Waals surface area contributed by atoms with Gasteiger partial charge >= 0.3 is 0 Å². The van der Waals surface area contributed by atoms with Gasteiger partial charge in [-0.05, 0) is 39.0 Å². The molecule has 86 valence electrons. The third kappa shape index (κ3) is 2.94. The molecule has 0 atom stereocenters. The van der Waals surface area contributed by atoms with Gasteiger partial charge in [0.2, 0.25) is 0 Å². The number of hydrogen-bond donors (Lipinski definition) is 0. The topological polar surface area (TPSA) is 22.1 Å². The Labute approximate surface area is 104 Å². The van der Waals surface area contributed by atoms with E-state index >= 15 is 0 Å². The molecule has 0 saturated heterocycles. The minimum atomic E-state index is -0.129. The van der Waals surface area contributed by atoms with Crippen molar-refractivity contribution in [3.05, 3.63) is 28.2 Å². The van der Waals surface area contributed by atoms with E-state index < -0.39 is 0 Å². The largest absolute Gasteiger partial charge is 0.369 e. The van der Waals surface area contributed by atoms with E-state index in [4.69, 9.17) is 16.3 Å². The maximum Gasteiger partial charge on any atom is 0.120 e. The van der Waals surface area contributed by atoms with Crippen LogP contribution in [0.15, 0.2) is 18.2 Å². The summed E-state index contributed by atoms with van der Waals surface area (Å²) >= 11 is 7.56. The van der Waals surface area contributed by atoms with Crippen molar-refractivity contribution in [2.45, 2.75) is 33.0 Å². The van der Waals surface area contributed by atoms with Gasteiger partial charge in [-0.15, -0.1) is 11.3 Å². The van der Waals surface area contributed by atoms with Crippen LogP contribution in [0.4, 0.5) is 0 Å². The molecule has 4 heteroatoms. The molecule has 0 saturated carbocycles. The van der Waals surface area contributed by atoms with Crippen LogP contribution in [0.25, 0.3) is 10.2 Å². The zero-order valence-electron chi connectivity index (χ0n) is 9.58. The Morgan fingerprint density at radius 3 is 2.81 bits per heavy atom. The van der Waals surface area contributed by atoms with Crippen LogP contribution in [-0.4, -0.2) is 10.6 Å². The van der Waals surface area contributed by atoms with Crippen molar-refractivity contribution >= 4 is 33.2 Å². The zero-order valence-corrected chi connectivity index (χ0v) is 11.2. The van der Waals surface area contributed by atoms with Gasteiger partial charge in [0, 0.05) is 5.02 Å². The van der Waals surface area contributed by atoms with Crippen LogP contribution in [0.3, 0.4) is 0 Å². The highest BCUT2D eigenvalue weighted by Crippen LogP contribution is 2.26. The molecule has 1 heterocycles. The second-order valence-corrected chi connectivity index (χ2v) is 6.17. The first-order valence-corrected chi connectivity index (χ1v) is 6.32. The molecule has 0 fully saturated rings. The minimum absolute atomic E-state index is 0.129. The van der Waals surface area contributed by atoms with Crippen molar-refractivity contribution in [3.8, 4) is 0 Å². The van der Waals surface area contributed by atoms with Gasteiger partial charge in [0.25, 0.3) is 0 Å². The van der Waals surface area contributed by atoms with Crippen molar-refractivity contribution in [1.29, 1.82) is 0 Å². The highest BCUT2D eigenvalue weighted by atomic mass is 35.5. The molecule has 0 N–H and O–H groups in total. The monoisotopic (exact) mass is 255 g/mol. The number of nitrogens with zero attached hydrogens (tertiary/aromatic N) is 1. The molecule has 2 rings (SSSR count). The number of rotatable bonds is 2. The number of hydrogen-bond acceptors (Lipinski definition) is 3. The third-order valence-electron chi connectivity index (χ3n) is 2.02. The normalized spacial score (nSPS) is 12.2. The Bertz CT molecular complexity index is 501. The molecule has 16 heavy (non-hydrogen) atoms. The number of ether oxygens (including phenoxy) is 1. The van der Waals surface area contributed by atoms with Crippen molar-refractivity contribution in [1.82, 2.24) is 4.98 Å². The van der Waals surface area contributed by atoms with E-state index in [0.29, 0.717) is 6.61 Å². The first kappa shape index (κ1) is 11.8. The summed E-state index contributed by atoms with van der Waals surface area (Å²) in [6.07, 6.45) is 0. The maximum absolute atomic E-state index is 5.91. The SMILES string of the molecule is CC(C)(C)OCc1nc2cc(Cl)ccc2s1. The summed E-state index contributed by atoms with van der Waals surface area (Å²) in [5.41, 5.74) is 0.820. The van der Waals surface area contributed by atoms with Gasteiger partial charge < -0.3 is 4.74 Å². The molecule has 0 amide bonds. The second-order valence-electron chi connectivity index (χ2n) is 4.62. The summed E-state index contributed by atoms with van der Waals surface area (Å²) in [7, 11) is 0. The van der Waals surface area contributed by atoms with Gasteiger partial charge in [-0.25, -0.2) is 4.98 Å². The van der Waals surface area contributed by atoms with E-state index in [2.05, 4.69) is 4.98 Å². The highest BCUT2D eigenvalue weighted by Gasteiger charge is 2.12. The molecule has 0 aliphatic heterocycles. The molecule has 1 aromatic carbocycles. The predicted molar refractivity (Wildman–Crippen MR) is 69.2 cm³/mol. The Balaban J connectivity index is 2.20. The Kier molecular flexibility index (Phi) is 3.19. The molecule has 0 aliphatic rings. The third-order valence-corrected chi connectivity index (χ3v) is 3.27. The summed E-state index contributed by atoms with van der Waals surface area (Å²) in [5.74, 6) is 0. The number of benzene rings is 1. The van der Waals surface area contributed by atoms with Crippen LogP contribution in [0.2, 0.25) is 5.02 Å². The molecule has 2 aromatic rings. The Hall–Kier alpha value is -0.640. The molecule has 2 nitrogen and oxygen atoms in total. The highest BCUT2D eigenvalue weighted by molar-refractivity contribution is 7.18. The summed E-state index contributed by atoms with van der Waals surface area (Å²) < 4.78 is 6.84. The van der Waals surface area contributed by atoms with E-state index in [1.54, 1.807) is 11.3 Å². The summed E-state index contributed by atoms with van der Waals surface area (Å²) in [6.45, 7) is 6.67. The fraction of sp³-hybridized carbons (Fsp3) is 0.417. The summed E-state index contributed by atoms with van der Waals surface area (Å²) in [5, 5.41) is 1.72. The number of fused-ring (bicyclic) bond motifs is 1. The van der Waals surface area contributed by atoms with E-state index in [1.807, 2.05) is 39.0 Å². The lowest BCUT2D eigenvalue weighted by atomic mass is 10.2. The van der Waals surface area contributed by atoms with Crippen LogP contribution < -0.4 is 0 Å². The number of thiazole rings is 1. The molecule has 1 aromatic heterocycles. The van der Waals surface area contributed by atoms with Crippen molar-refractivity contribution in [2.75, 3.05) is 0 Å². The lowest BCUT2D eigenvalue weighted by Crippen LogP contribution is -2.18. The smallest absolute Gasteiger partial charge is 0.120 e. The zero-order chi connectivity index (χ0) is 11.8. The molecule has 0 aliphatic carbocycles. The van der Waals surface area contributed by atoms with Gasteiger partial charge in [0.15, 0.2) is 0 Å². The first-order chi connectivity index (χ1) is 7.44. The van der Waals surface area contributed by atoms with Crippen LogP contribution in [0.1, 0.15) is 25.8 Å². The van der Waals surface area contributed by atoms with Crippen LogP contribution in [-0.2, 0) is 11.3 Å². The van der Waals surface area contributed by atoms with Gasteiger partial charge in [-0.3, -0.25) is 0 Å². The van der Waals surface area contributed by atoms with E-state index in [0.717, 1.165) is 20.2 Å². The van der Waals surface area contributed by atoms with E-state index in [-0.39, 0.29) is 5.60 Å². The average molecular weight is 256 g/mol. The van der Waals surface area contributed by atoms with Crippen molar-refractivity contribution in [3.63, 3.8) is 0 Å². The van der Waals surface area contributed by atoms with Crippen LogP contribution >= 0.6 is 22.9 Å². The van der Waals surface area contributed by atoms with E-state index in [1.165, 1.54) is 0 Å². The van der Waals surface area contributed by atoms with Gasteiger partial charge in [-0.1, -0.05) is 11.6 Å². The fourth-order valence-corrected chi connectivity index (χ4v) is 2.32. The quantitative estimate of drug-likeness (QED) is 0.800. The second kappa shape index (κ2) is 4.32. The van der Waals surface area contributed by atoms with E-state index in [9.17, 15) is 0 Å². The average Bonchev–Trinajstić information content (AvgIpc) is 2.55. The summed E-state index contributed by atoms with van der Waals surface area (Å²) in [4.78, 5) is 4.49. The molecular weight excluding hydrogens is 242 g/mol. The molecule has 0 bridgehead atoms. The van der Waals surface area contributed by atoms with Gasteiger partial charge in [0.1, 0.15) is 5.01 Å². The predicted octanol–water partition coefficient (Wildman–Crippen LogP) is 4.26. The number of halogens is 1. The van der Waals surface area contributed by atoms with Crippen LogP contribution in [0.5, 0.6) is 0 Å². The minimum Gasteiger partial charge on any atom is -0.369 e. The standard InChI is InChI=1S/C12H14ClNOS/c1-12(2,3)15-7-11-14-9-6-8(13)4-5-10(9)16-11/h4-6H,7H2,1-3H3. The fourth-order valence-electron chi connectivity index (χ4n) is 1.29. The molecule has 0 unspecified atom stereocenters. The first-order valence-electron chi connectivity index (χ1n) is 5.13. The van der Waals surface area contributed by atoms with Crippen molar-refractivity contribution in [2.24, 2.45) is 0 Å². The summed E-state index contributed by atoms with van der Waals surface area (Å²) in [6, 6.07) is 5.76. The molecular formula is C12H14ClNOS. The Morgan fingerprint density at radius 1 is 1.38 bits per heavy atom. The molecule has 0 spiro atoms. The lowest BCUT2D eigenvalue weighted by molar-refractivity contribution is -0.0149. The molecule has 0 radical (unpaired) electrons. The maximum atomic E-state index is 5.91. The Morgan fingerprint density at radius 2 is 2.12 bits per heavy atom. The van der Waals surface area contributed by atoms with Crippen LogP contribution in [0, 0.1) is 0 Å². The van der Waals surface area contributed by atoms with Gasteiger partial charge in [0.05, 0.1) is 22.4 Å². The van der Waals surface area contributed by atoms with Crippen molar-refractivity contribution < 1.29 is 4.74 Å². The number of aromatic nitrogens is 1. The van der Waals surface area contributed by atoms with Gasteiger partial charge in [-0.2, -0.15) is 0 Å². The lowest BCUT2D eigenvalue weighted by Gasteiger charge is -2.18.